The number of ether oxygens (including phenoxy) is 3. The Hall–Kier alpha value is -3.34. The van der Waals surface area contributed by atoms with E-state index in [0.29, 0.717) is 0 Å². The van der Waals surface area contributed by atoms with Gasteiger partial charge in [-0.05, 0) is 6.92 Å². The first-order valence-corrected chi connectivity index (χ1v) is 9.75. The number of halogens is 6. The van der Waals surface area contributed by atoms with Crippen LogP contribution in [0.2, 0.25) is 0 Å². The zero-order chi connectivity index (χ0) is 25.3. The lowest BCUT2D eigenvalue weighted by molar-refractivity contribution is -0.356. The molecule has 33 heavy (non-hydrogen) atoms. The summed E-state index contributed by atoms with van der Waals surface area (Å²) in [5, 5.41) is 0. The van der Waals surface area contributed by atoms with Gasteiger partial charge in [-0.2, -0.15) is 34.8 Å². The number of alkyl halides is 6. The van der Waals surface area contributed by atoms with Gasteiger partial charge in [-0.15, -0.1) is 0 Å². The Morgan fingerprint density at radius 1 is 1.09 bits per heavy atom. The average molecular weight is 506 g/mol. The highest BCUT2D eigenvalue weighted by Crippen LogP contribution is 2.53. The molecule has 3 heterocycles. The Labute approximate surface area is 177 Å². The second-order valence-corrected chi connectivity index (χ2v) is 8.12. The lowest BCUT2D eigenvalue weighted by atomic mass is 10.0. The molecule has 0 saturated carbocycles. The fourth-order valence-corrected chi connectivity index (χ4v) is 3.69. The highest BCUT2D eigenvalue weighted by atomic mass is 32.2. The zero-order valence-corrected chi connectivity index (χ0v) is 16.5. The Morgan fingerprint density at radius 2 is 1.64 bits per heavy atom. The molecule has 0 aliphatic carbocycles. The topological polar surface area (TPSA) is 146 Å². The first-order chi connectivity index (χ1) is 14.8. The fourth-order valence-electron chi connectivity index (χ4n) is 2.79. The SMILES string of the molecule is C=C(C)C(=O)Oc1c2c3oc1c(C(=O)OC(CS(=O)(=O)O)(C(F)(F)F)C(F)(F)F)c3C(=O)O2. The third-order valence-electron chi connectivity index (χ3n) is 4.24. The molecule has 1 N–H and O–H groups in total. The first kappa shape index (κ1) is 24.3. The summed E-state index contributed by atoms with van der Waals surface area (Å²) < 4.78 is 129. The molecule has 180 valence electrons. The Balaban J connectivity index is 2.17. The number of rotatable bonds is 6. The smallest absolute Gasteiger partial charge is 0.438 e. The van der Waals surface area contributed by atoms with Crippen molar-refractivity contribution in [1.82, 2.24) is 0 Å². The zero-order valence-electron chi connectivity index (χ0n) is 15.7. The number of hydrogen-bond acceptors (Lipinski definition) is 9. The molecule has 1 aliphatic rings. The summed E-state index contributed by atoms with van der Waals surface area (Å²) in [6, 6.07) is 0. The van der Waals surface area contributed by atoms with Crippen molar-refractivity contribution < 1.29 is 72.3 Å². The van der Waals surface area contributed by atoms with Gasteiger partial charge < -0.3 is 18.6 Å². The third kappa shape index (κ3) is 3.75. The van der Waals surface area contributed by atoms with E-state index in [4.69, 9.17) is 13.7 Å². The van der Waals surface area contributed by atoms with Gasteiger partial charge in [0.1, 0.15) is 16.9 Å². The molecule has 2 bridgehead atoms. The molecule has 2 aromatic heterocycles. The van der Waals surface area contributed by atoms with Crippen molar-refractivity contribution in [3.63, 3.8) is 0 Å². The van der Waals surface area contributed by atoms with Gasteiger partial charge in [0.05, 0.1) is 0 Å². The molecular weight excluding hydrogens is 498 g/mol. The molecule has 0 atom stereocenters. The molecule has 0 fully saturated rings. The van der Waals surface area contributed by atoms with Crippen LogP contribution in [0.4, 0.5) is 26.3 Å². The van der Waals surface area contributed by atoms with Gasteiger partial charge in [0.15, 0.2) is 11.2 Å². The highest BCUT2D eigenvalue weighted by Gasteiger charge is 2.76. The Kier molecular flexibility index (Phi) is 5.21. The van der Waals surface area contributed by atoms with Gasteiger partial charge in [-0.25, -0.2) is 14.4 Å². The first-order valence-electron chi connectivity index (χ1n) is 8.14. The molecule has 10 nitrogen and oxygen atoms in total. The van der Waals surface area contributed by atoms with Crippen molar-refractivity contribution in [3.05, 3.63) is 23.3 Å². The molecule has 0 amide bonds. The summed E-state index contributed by atoms with van der Waals surface area (Å²) in [5.41, 5.74) is -9.90. The largest absolute Gasteiger partial charge is 0.447 e. The quantitative estimate of drug-likeness (QED) is 0.204. The van der Waals surface area contributed by atoms with Gasteiger partial charge in [0.25, 0.3) is 10.1 Å². The molecule has 0 spiro atoms. The third-order valence-corrected chi connectivity index (χ3v) is 5.01. The van der Waals surface area contributed by atoms with Gasteiger partial charge in [-0.1, -0.05) is 6.58 Å². The summed E-state index contributed by atoms with van der Waals surface area (Å²) in [4.78, 5) is 36.2. The van der Waals surface area contributed by atoms with Crippen LogP contribution >= 0.6 is 0 Å². The summed E-state index contributed by atoms with van der Waals surface area (Å²) >= 11 is 0. The summed E-state index contributed by atoms with van der Waals surface area (Å²) in [7, 11) is -6.04. The van der Waals surface area contributed by atoms with Crippen LogP contribution in [0.1, 0.15) is 27.6 Å². The van der Waals surface area contributed by atoms with Crippen LogP contribution in [-0.4, -0.2) is 54.6 Å². The molecular formula is C16H8F6O10S. The van der Waals surface area contributed by atoms with E-state index in [1.807, 2.05) is 0 Å². The van der Waals surface area contributed by atoms with Crippen LogP contribution in [-0.2, 0) is 19.6 Å². The Morgan fingerprint density at radius 3 is 2.09 bits per heavy atom. The predicted molar refractivity (Wildman–Crippen MR) is 89.5 cm³/mol. The Bertz CT molecular complexity index is 1290. The fraction of sp³-hybridized carbons (Fsp3) is 0.312. The number of furan rings is 2. The highest BCUT2D eigenvalue weighted by molar-refractivity contribution is 7.85. The normalized spacial score (nSPS) is 14.5. The van der Waals surface area contributed by atoms with Gasteiger partial charge in [0, 0.05) is 5.57 Å². The van der Waals surface area contributed by atoms with Crippen LogP contribution in [0.25, 0.3) is 11.2 Å². The van der Waals surface area contributed by atoms with E-state index in [1.165, 1.54) is 0 Å². The minimum atomic E-state index is -6.61. The van der Waals surface area contributed by atoms with Gasteiger partial charge in [0.2, 0.25) is 11.5 Å². The maximum atomic E-state index is 13.4. The van der Waals surface area contributed by atoms with E-state index in [0.717, 1.165) is 6.92 Å². The predicted octanol–water partition coefficient (Wildman–Crippen LogP) is 2.79. The number of esters is 3. The van der Waals surface area contributed by atoms with Crippen LogP contribution in [0.3, 0.4) is 0 Å². The average Bonchev–Trinajstić information content (AvgIpc) is 3.21. The van der Waals surface area contributed by atoms with E-state index in [1.54, 1.807) is 0 Å². The molecule has 0 aromatic carbocycles. The van der Waals surface area contributed by atoms with Crippen LogP contribution in [0, 0.1) is 0 Å². The van der Waals surface area contributed by atoms with E-state index in [2.05, 4.69) is 16.1 Å². The summed E-state index contributed by atoms with van der Waals surface area (Å²) in [6.07, 6.45) is -13.2. The number of carbonyl (C=O) groups is 3. The molecule has 0 unspecified atom stereocenters. The van der Waals surface area contributed by atoms with Crippen molar-refractivity contribution in [2.75, 3.05) is 5.75 Å². The lowest BCUT2D eigenvalue weighted by Gasteiger charge is -2.35. The maximum Gasteiger partial charge on any atom is 0.438 e. The van der Waals surface area contributed by atoms with Crippen LogP contribution in [0.5, 0.6) is 11.5 Å². The van der Waals surface area contributed by atoms with Crippen molar-refractivity contribution in [1.29, 1.82) is 0 Å². The van der Waals surface area contributed by atoms with E-state index in [9.17, 15) is 49.1 Å². The molecule has 3 rings (SSSR count). The molecule has 17 heteroatoms. The van der Waals surface area contributed by atoms with E-state index < -0.39 is 85.5 Å². The number of fused-ring (bicyclic) bond motifs is 1. The van der Waals surface area contributed by atoms with Crippen molar-refractivity contribution >= 4 is 39.2 Å². The number of carbonyl (C=O) groups excluding carboxylic acids is 3. The van der Waals surface area contributed by atoms with Crippen molar-refractivity contribution in [2.45, 2.75) is 24.9 Å². The summed E-state index contributed by atoms with van der Waals surface area (Å²) in [6.45, 7) is 4.39. The molecule has 1 aliphatic heterocycles. The van der Waals surface area contributed by atoms with Crippen molar-refractivity contribution in [3.8, 4) is 11.5 Å². The number of benzene rings is 1. The second-order valence-electron chi connectivity index (χ2n) is 6.67. The van der Waals surface area contributed by atoms with Crippen LogP contribution in [0.15, 0.2) is 16.6 Å². The standard InChI is InChI=1S/C16H8F6O10S/c1-4(2)11(23)30-9-8-6(5-7(29-8)10(9)31-12(5)24)13(25)32-14(15(17,18)19,16(20,21)22)3-33(26,27)28/h1,3H2,2H3,(H,26,27,28). The molecule has 2 aromatic rings. The van der Waals surface area contributed by atoms with E-state index in [-0.39, 0.29) is 5.57 Å². The lowest BCUT2D eigenvalue weighted by Crippen LogP contribution is -2.63. The molecule has 0 radical (unpaired) electrons. The van der Waals surface area contributed by atoms with Gasteiger partial charge >= 0.3 is 35.9 Å². The van der Waals surface area contributed by atoms with E-state index >= 15 is 0 Å². The van der Waals surface area contributed by atoms with Crippen LogP contribution < -0.4 is 9.47 Å². The maximum absolute atomic E-state index is 13.4. The van der Waals surface area contributed by atoms with Crippen molar-refractivity contribution in [2.24, 2.45) is 0 Å². The monoisotopic (exact) mass is 506 g/mol. The molecule has 0 saturated heterocycles. The minimum absolute atomic E-state index is 0.240. The van der Waals surface area contributed by atoms with Gasteiger partial charge in [-0.3, -0.25) is 4.55 Å². The second kappa shape index (κ2) is 7.08. The number of hydrogen-bond donors (Lipinski definition) is 1. The summed E-state index contributed by atoms with van der Waals surface area (Å²) in [5.74, 6) is -9.74. The minimum Gasteiger partial charge on any atom is -0.447 e.